The van der Waals surface area contributed by atoms with E-state index in [1.807, 2.05) is 19.1 Å². The molecule has 2 amide bonds. The van der Waals surface area contributed by atoms with E-state index in [1.165, 1.54) is 6.20 Å². The maximum Gasteiger partial charge on any atom is 0.313 e. The largest absolute Gasteiger partial charge is 0.383 e. The van der Waals surface area contributed by atoms with Crippen molar-refractivity contribution in [2.45, 2.75) is 39.2 Å². The van der Waals surface area contributed by atoms with Crippen molar-refractivity contribution in [1.82, 2.24) is 9.88 Å². The Balaban J connectivity index is 2.11. The van der Waals surface area contributed by atoms with E-state index in [0.717, 1.165) is 36.1 Å². The number of carbonyl (C=O) groups is 2. The van der Waals surface area contributed by atoms with E-state index in [-0.39, 0.29) is 6.04 Å². The third-order valence-electron chi connectivity index (χ3n) is 4.65. The van der Waals surface area contributed by atoms with Gasteiger partial charge in [0.15, 0.2) is 0 Å². The fourth-order valence-electron chi connectivity index (χ4n) is 2.94. The van der Waals surface area contributed by atoms with E-state index >= 15 is 0 Å². The predicted octanol–water partition coefficient (Wildman–Crippen LogP) is 2.49. The zero-order valence-electron chi connectivity index (χ0n) is 16.2. The molecular formula is C20H27N5O2. The SMILES string of the molecule is C=C(/C=C\C(C)=N/C)[C@@H]1CCCCN1C(=O)C(=O)Nc1cnc(N)c(C)c1. The molecule has 1 aromatic rings. The second-order valence-corrected chi connectivity index (χ2v) is 6.66. The number of anilines is 2. The van der Waals surface area contributed by atoms with Crippen LogP contribution in [0.15, 0.2) is 41.6 Å². The average molecular weight is 369 g/mol. The van der Waals surface area contributed by atoms with Gasteiger partial charge in [-0.05, 0) is 56.4 Å². The molecule has 1 saturated heterocycles. The molecule has 0 spiro atoms. The Bertz CT molecular complexity index is 798. The number of rotatable bonds is 4. The number of likely N-dealkylation sites (tertiary alicyclic amines) is 1. The molecule has 27 heavy (non-hydrogen) atoms. The van der Waals surface area contributed by atoms with Gasteiger partial charge in [0.1, 0.15) is 5.82 Å². The fraction of sp³-hybridized carbons (Fsp3) is 0.400. The molecule has 1 aliphatic heterocycles. The van der Waals surface area contributed by atoms with Crippen LogP contribution in [0, 0.1) is 6.92 Å². The number of carbonyl (C=O) groups excluding carboxylic acids is 2. The second kappa shape index (κ2) is 9.12. The number of nitrogens with one attached hydrogen (secondary N) is 1. The molecule has 3 N–H and O–H groups in total. The highest BCUT2D eigenvalue weighted by atomic mass is 16.2. The molecule has 0 radical (unpaired) electrons. The first kappa shape index (κ1) is 20.4. The molecule has 1 aromatic heterocycles. The Morgan fingerprint density at radius 1 is 1.41 bits per heavy atom. The van der Waals surface area contributed by atoms with Gasteiger partial charge in [-0.3, -0.25) is 14.6 Å². The Morgan fingerprint density at radius 2 is 2.15 bits per heavy atom. The topological polar surface area (TPSA) is 101 Å². The number of aliphatic imine (C=N–C) groups is 1. The van der Waals surface area contributed by atoms with E-state index in [1.54, 1.807) is 24.9 Å². The Morgan fingerprint density at radius 3 is 2.81 bits per heavy atom. The molecule has 0 saturated carbocycles. The smallest absolute Gasteiger partial charge is 0.313 e. The Labute approximate surface area is 160 Å². The van der Waals surface area contributed by atoms with Crippen LogP contribution < -0.4 is 11.1 Å². The van der Waals surface area contributed by atoms with Crippen LogP contribution in [0.1, 0.15) is 31.7 Å². The minimum Gasteiger partial charge on any atom is -0.383 e. The molecule has 0 aliphatic carbocycles. The van der Waals surface area contributed by atoms with E-state index in [0.29, 0.717) is 18.1 Å². The van der Waals surface area contributed by atoms with E-state index in [4.69, 9.17) is 5.73 Å². The molecule has 144 valence electrons. The Kier molecular flexibility index (Phi) is 6.87. The zero-order chi connectivity index (χ0) is 20.0. The summed E-state index contributed by atoms with van der Waals surface area (Å²) in [5, 5.41) is 2.61. The van der Waals surface area contributed by atoms with Crippen molar-refractivity contribution in [3.8, 4) is 0 Å². The van der Waals surface area contributed by atoms with Crippen molar-refractivity contribution in [2.24, 2.45) is 4.99 Å². The molecular weight excluding hydrogens is 342 g/mol. The summed E-state index contributed by atoms with van der Waals surface area (Å²) in [6.07, 6.45) is 7.81. The van der Waals surface area contributed by atoms with Crippen molar-refractivity contribution >= 4 is 29.0 Å². The monoisotopic (exact) mass is 369 g/mol. The molecule has 1 fully saturated rings. The van der Waals surface area contributed by atoms with Crippen molar-refractivity contribution < 1.29 is 9.59 Å². The number of allylic oxidation sites excluding steroid dienone is 1. The van der Waals surface area contributed by atoms with Gasteiger partial charge in [0.2, 0.25) is 0 Å². The summed E-state index contributed by atoms with van der Waals surface area (Å²) in [7, 11) is 1.72. The number of hydrogen-bond acceptors (Lipinski definition) is 5. The number of nitrogens with zero attached hydrogens (tertiary/aromatic N) is 3. The van der Waals surface area contributed by atoms with Gasteiger partial charge in [0, 0.05) is 19.3 Å². The number of aryl methyl sites for hydroxylation is 1. The quantitative estimate of drug-likeness (QED) is 0.484. The summed E-state index contributed by atoms with van der Waals surface area (Å²) in [6.45, 7) is 8.30. The molecule has 7 nitrogen and oxygen atoms in total. The highest BCUT2D eigenvalue weighted by Crippen LogP contribution is 2.24. The summed E-state index contributed by atoms with van der Waals surface area (Å²) in [5.41, 5.74) is 8.53. The number of nitrogen functional groups attached to an aromatic ring is 1. The number of hydrogen-bond donors (Lipinski definition) is 2. The minimum absolute atomic E-state index is 0.191. The molecule has 2 heterocycles. The maximum atomic E-state index is 12.7. The van der Waals surface area contributed by atoms with Gasteiger partial charge in [-0.1, -0.05) is 12.7 Å². The number of pyridine rings is 1. The lowest BCUT2D eigenvalue weighted by atomic mass is 9.95. The van der Waals surface area contributed by atoms with Crippen LogP contribution in [0.3, 0.4) is 0 Å². The van der Waals surface area contributed by atoms with Crippen LogP contribution in [0.25, 0.3) is 0 Å². The van der Waals surface area contributed by atoms with Crippen LogP contribution in [0.5, 0.6) is 0 Å². The van der Waals surface area contributed by atoms with E-state index in [9.17, 15) is 9.59 Å². The molecule has 7 heteroatoms. The van der Waals surface area contributed by atoms with Crippen LogP contribution in [-0.2, 0) is 9.59 Å². The first-order valence-electron chi connectivity index (χ1n) is 8.97. The van der Waals surface area contributed by atoms with Crippen molar-refractivity contribution in [3.63, 3.8) is 0 Å². The predicted molar refractivity (Wildman–Crippen MR) is 109 cm³/mol. The maximum absolute atomic E-state index is 12.7. The first-order chi connectivity index (χ1) is 12.8. The Hall–Kier alpha value is -2.96. The third-order valence-corrected chi connectivity index (χ3v) is 4.65. The highest BCUT2D eigenvalue weighted by Gasteiger charge is 2.31. The number of amides is 2. The van der Waals surface area contributed by atoms with Crippen molar-refractivity contribution in [3.05, 3.63) is 42.1 Å². The molecule has 2 rings (SSSR count). The van der Waals surface area contributed by atoms with Crippen molar-refractivity contribution in [2.75, 3.05) is 24.6 Å². The van der Waals surface area contributed by atoms with Gasteiger partial charge in [-0.2, -0.15) is 0 Å². The third kappa shape index (κ3) is 5.26. The second-order valence-electron chi connectivity index (χ2n) is 6.66. The lowest BCUT2D eigenvalue weighted by Crippen LogP contribution is -2.48. The summed E-state index contributed by atoms with van der Waals surface area (Å²) in [6, 6.07) is 1.50. The summed E-state index contributed by atoms with van der Waals surface area (Å²) in [5.74, 6) is -0.857. The van der Waals surface area contributed by atoms with Gasteiger partial charge in [0.25, 0.3) is 0 Å². The molecule has 0 unspecified atom stereocenters. The van der Waals surface area contributed by atoms with Gasteiger partial charge >= 0.3 is 11.8 Å². The van der Waals surface area contributed by atoms with Crippen LogP contribution in [0.2, 0.25) is 0 Å². The first-order valence-corrected chi connectivity index (χ1v) is 8.97. The number of aromatic nitrogens is 1. The zero-order valence-corrected chi connectivity index (χ0v) is 16.2. The summed E-state index contributed by atoms with van der Waals surface area (Å²) >= 11 is 0. The normalized spacial score (nSPS) is 17.8. The van der Waals surface area contributed by atoms with Crippen LogP contribution in [-0.4, -0.2) is 47.0 Å². The fourth-order valence-corrected chi connectivity index (χ4v) is 2.94. The van der Waals surface area contributed by atoms with Crippen LogP contribution in [0.4, 0.5) is 11.5 Å². The highest BCUT2D eigenvalue weighted by molar-refractivity contribution is 6.39. The average Bonchev–Trinajstić information content (AvgIpc) is 2.67. The molecule has 1 atom stereocenters. The number of piperidine rings is 1. The van der Waals surface area contributed by atoms with Gasteiger partial charge in [-0.25, -0.2) is 4.98 Å². The number of nitrogens with two attached hydrogens (primary N) is 1. The van der Waals surface area contributed by atoms with Gasteiger partial charge in [0.05, 0.1) is 17.9 Å². The van der Waals surface area contributed by atoms with E-state index in [2.05, 4.69) is 21.9 Å². The van der Waals surface area contributed by atoms with E-state index < -0.39 is 11.8 Å². The lowest BCUT2D eigenvalue weighted by molar-refractivity contribution is -0.145. The minimum atomic E-state index is -0.684. The molecule has 1 aliphatic rings. The molecule has 0 aromatic carbocycles. The lowest BCUT2D eigenvalue weighted by Gasteiger charge is -2.35. The summed E-state index contributed by atoms with van der Waals surface area (Å²) in [4.78, 5) is 34.9. The van der Waals surface area contributed by atoms with Crippen LogP contribution >= 0.6 is 0 Å². The summed E-state index contributed by atoms with van der Waals surface area (Å²) < 4.78 is 0. The standard InChI is InChI=1S/C20H27N5O2/c1-13(8-9-15(3)22-4)17-7-5-6-10-25(17)20(27)19(26)24-16-11-14(2)18(21)23-12-16/h8-9,11-12,17H,1,5-7,10H2,2-4H3,(H2,21,23)(H,24,26)/b9-8-,22-15-/t17-/m0/s1. The van der Waals surface area contributed by atoms with Gasteiger partial charge in [-0.15, -0.1) is 0 Å². The molecule has 0 bridgehead atoms. The van der Waals surface area contributed by atoms with Gasteiger partial charge < -0.3 is 16.0 Å². The van der Waals surface area contributed by atoms with Crippen molar-refractivity contribution in [1.29, 1.82) is 0 Å².